The van der Waals surface area contributed by atoms with Crippen LogP contribution in [0.3, 0.4) is 0 Å². The summed E-state index contributed by atoms with van der Waals surface area (Å²) < 4.78 is 0. The quantitative estimate of drug-likeness (QED) is 0.836. The molecule has 2 N–H and O–H groups in total. The lowest BCUT2D eigenvalue weighted by atomic mass is 9.98. The van der Waals surface area contributed by atoms with Crippen LogP contribution < -0.4 is 10.6 Å². The Bertz CT molecular complexity index is 486. The topological polar surface area (TPSA) is 32.5 Å². The molecule has 0 spiro atoms. The summed E-state index contributed by atoms with van der Waals surface area (Å²) in [6.07, 6.45) is 9.17. The minimum absolute atomic E-state index is 0.863. The molecule has 0 atom stereocenters. The summed E-state index contributed by atoms with van der Waals surface area (Å²) in [6, 6.07) is 6.76. The van der Waals surface area contributed by atoms with Gasteiger partial charge in [0.15, 0.2) is 0 Å². The van der Waals surface area contributed by atoms with Crippen LogP contribution in [0.15, 0.2) is 18.2 Å². The predicted octanol–water partition coefficient (Wildman–Crippen LogP) is 3.92. The van der Waals surface area contributed by atoms with Crippen LogP contribution in [0.2, 0.25) is 0 Å². The number of nitrogens with two attached hydrogens (primary N) is 1. The lowest BCUT2D eigenvalue weighted by Crippen LogP contribution is -2.33. The Morgan fingerprint density at radius 3 is 2.48 bits per heavy atom. The number of hydrogen-bond acceptors (Lipinski definition) is 3. The molecule has 0 aromatic heterocycles. The smallest absolute Gasteiger partial charge is 0.0600 e. The maximum Gasteiger partial charge on any atom is 0.0600 e. The Labute approximate surface area is 141 Å². The van der Waals surface area contributed by atoms with E-state index in [4.69, 9.17) is 5.73 Å². The van der Waals surface area contributed by atoms with Gasteiger partial charge in [-0.3, -0.25) is 0 Å². The van der Waals surface area contributed by atoms with Gasteiger partial charge in [-0.2, -0.15) is 0 Å². The summed E-state index contributed by atoms with van der Waals surface area (Å²) in [5.41, 5.74) is 9.96. The normalized spacial score (nSPS) is 20.8. The van der Waals surface area contributed by atoms with E-state index in [0.717, 1.165) is 31.1 Å². The maximum absolute atomic E-state index is 6.35. The van der Waals surface area contributed by atoms with Gasteiger partial charge in [0.1, 0.15) is 0 Å². The number of rotatable bonds is 5. The van der Waals surface area contributed by atoms with Crippen molar-refractivity contribution >= 4 is 11.4 Å². The molecule has 0 amide bonds. The summed E-state index contributed by atoms with van der Waals surface area (Å²) in [6.45, 7) is 8.50. The number of anilines is 2. The highest BCUT2D eigenvalue weighted by atomic mass is 15.1. The fourth-order valence-electron chi connectivity index (χ4n) is 3.99. The molecule has 0 bridgehead atoms. The average Bonchev–Trinajstić information content (AvgIpc) is 2.57. The van der Waals surface area contributed by atoms with Gasteiger partial charge in [-0.15, -0.1) is 0 Å². The second kappa shape index (κ2) is 8.05. The lowest BCUT2D eigenvalue weighted by molar-refractivity contribution is 0.226. The summed E-state index contributed by atoms with van der Waals surface area (Å²) >= 11 is 0. The summed E-state index contributed by atoms with van der Waals surface area (Å²) in [5, 5.41) is 0. The molecule has 2 heterocycles. The van der Waals surface area contributed by atoms with Gasteiger partial charge in [0.2, 0.25) is 0 Å². The van der Waals surface area contributed by atoms with Crippen LogP contribution in [0.25, 0.3) is 0 Å². The van der Waals surface area contributed by atoms with Gasteiger partial charge >= 0.3 is 0 Å². The lowest BCUT2D eigenvalue weighted by Gasteiger charge is -2.33. The van der Waals surface area contributed by atoms with Gasteiger partial charge in [-0.05, 0) is 81.8 Å². The van der Waals surface area contributed by atoms with Gasteiger partial charge < -0.3 is 15.5 Å². The van der Waals surface area contributed by atoms with E-state index >= 15 is 0 Å². The van der Waals surface area contributed by atoms with Crippen LogP contribution in [0, 0.1) is 5.92 Å². The first-order valence-corrected chi connectivity index (χ1v) is 9.58. The van der Waals surface area contributed by atoms with Gasteiger partial charge in [-0.1, -0.05) is 19.4 Å². The molecule has 2 fully saturated rings. The molecule has 0 aliphatic carbocycles. The molecule has 1 aromatic carbocycles. The minimum atomic E-state index is 0.863. The molecule has 128 valence electrons. The van der Waals surface area contributed by atoms with E-state index < -0.39 is 0 Å². The van der Waals surface area contributed by atoms with Crippen LogP contribution >= 0.6 is 0 Å². The van der Waals surface area contributed by atoms with Crippen LogP contribution in [0.1, 0.15) is 51.0 Å². The van der Waals surface area contributed by atoms with E-state index in [1.165, 1.54) is 69.4 Å². The summed E-state index contributed by atoms with van der Waals surface area (Å²) in [7, 11) is 0. The zero-order valence-electron chi connectivity index (χ0n) is 14.8. The van der Waals surface area contributed by atoms with E-state index in [9.17, 15) is 0 Å². The highest BCUT2D eigenvalue weighted by molar-refractivity contribution is 5.68. The van der Waals surface area contributed by atoms with Crippen molar-refractivity contribution in [3.05, 3.63) is 23.8 Å². The van der Waals surface area contributed by atoms with Crippen molar-refractivity contribution in [2.45, 2.75) is 51.9 Å². The Kier molecular flexibility index (Phi) is 5.82. The molecule has 3 heteroatoms. The molecule has 0 saturated carbocycles. The zero-order chi connectivity index (χ0) is 16.1. The van der Waals surface area contributed by atoms with Crippen LogP contribution in [-0.4, -0.2) is 37.6 Å². The largest absolute Gasteiger partial charge is 0.397 e. The van der Waals surface area contributed by atoms with Crippen LogP contribution in [0.5, 0.6) is 0 Å². The highest BCUT2D eigenvalue weighted by Gasteiger charge is 2.17. The Morgan fingerprint density at radius 1 is 1.04 bits per heavy atom. The molecule has 1 aromatic rings. The Hall–Kier alpha value is -1.22. The number of hydrogen-bond donors (Lipinski definition) is 1. The van der Waals surface area contributed by atoms with Crippen molar-refractivity contribution in [3.8, 4) is 0 Å². The number of nitrogen functional groups attached to an aromatic ring is 1. The highest BCUT2D eigenvalue weighted by Crippen LogP contribution is 2.29. The van der Waals surface area contributed by atoms with Crippen LogP contribution in [-0.2, 0) is 6.42 Å². The van der Waals surface area contributed by atoms with Crippen LogP contribution in [0.4, 0.5) is 11.4 Å². The fraction of sp³-hybridized carbons (Fsp3) is 0.700. The van der Waals surface area contributed by atoms with Crippen molar-refractivity contribution in [2.75, 3.05) is 43.4 Å². The minimum Gasteiger partial charge on any atom is -0.397 e. The number of piperidine rings is 2. The van der Waals surface area contributed by atoms with E-state index in [1.54, 1.807) is 0 Å². The first-order chi connectivity index (χ1) is 11.2. The maximum atomic E-state index is 6.35. The molecule has 23 heavy (non-hydrogen) atoms. The van der Waals surface area contributed by atoms with E-state index in [2.05, 4.69) is 34.9 Å². The number of benzene rings is 1. The number of nitrogens with zero attached hydrogens (tertiary/aromatic N) is 2. The average molecular weight is 316 g/mol. The van der Waals surface area contributed by atoms with Crippen molar-refractivity contribution in [1.29, 1.82) is 0 Å². The number of likely N-dealkylation sites (tertiary alicyclic amines) is 1. The van der Waals surface area contributed by atoms with Gasteiger partial charge in [-0.25, -0.2) is 0 Å². The SMILES string of the molecule is CC1CCN(c2ccc(CCCN3CCCCC3)cc2N)CC1. The van der Waals surface area contributed by atoms with Crippen molar-refractivity contribution in [2.24, 2.45) is 5.92 Å². The van der Waals surface area contributed by atoms with Crippen molar-refractivity contribution in [3.63, 3.8) is 0 Å². The van der Waals surface area contributed by atoms with Gasteiger partial charge in [0, 0.05) is 13.1 Å². The fourth-order valence-corrected chi connectivity index (χ4v) is 3.99. The monoisotopic (exact) mass is 315 g/mol. The molecule has 2 aliphatic rings. The third kappa shape index (κ3) is 4.63. The zero-order valence-corrected chi connectivity index (χ0v) is 14.8. The van der Waals surface area contributed by atoms with E-state index in [1.807, 2.05) is 0 Å². The van der Waals surface area contributed by atoms with Gasteiger partial charge in [0.05, 0.1) is 11.4 Å². The third-order valence-corrected chi connectivity index (χ3v) is 5.60. The molecular formula is C20H33N3. The van der Waals surface area contributed by atoms with Gasteiger partial charge in [0.25, 0.3) is 0 Å². The second-order valence-electron chi connectivity index (χ2n) is 7.57. The Balaban J connectivity index is 1.50. The Morgan fingerprint density at radius 2 is 1.78 bits per heavy atom. The molecule has 0 unspecified atom stereocenters. The molecule has 3 nitrogen and oxygen atoms in total. The molecule has 3 rings (SSSR count). The standard InChI is InChI=1S/C20H33N3/c1-17-9-14-23(15-10-17)20-8-7-18(16-19(20)21)6-5-13-22-11-3-2-4-12-22/h7-8,16-17H,2-6,9-15,21H2,1H3. The second-order valence-corrected chi connectivity index (χ2v) is 7.57. The van der Waals surface area contributed by atoms with E-state index in [0.29, 0.717) is 0 Å². The number of aryl methyl sites for hydroxylation is 1. The predicted molar refractivity (Wildman–Crippen MR) is 100 cm³/mol. The molecule has 2 aliphatic heterocycles. The molecule has 0 radical (unpaired) electrons. The van der Waals surface area contributed by atoms with Crippen molar-refractivity contribution in [1.82, 2.24) is 4.90 Å². The van der Waals surface area contributed by atoms with Crippen molar-refractivity contribution < 1.29 is 0 Å². The third-order valence-electron chi connectivity index (χ3n) is 5.60. The molecule has 2 saturated heterocycles. The summed E-state index contributed by atoms with van der Waals surface area (Å²) in [4.78, 5) is 5.09. The first-order valence-electron chi connectivity index (χ1n) is 9.58. The first kappa shape index (κ1) is 16.6. The summed E-state index contributed by atoms with van der Waals surface area (Å²) in [5.74, 6) is 0.863. The van der Waals surface area contributed by atoms with E-state index in [-0.39, 0.29) is 0 Å². The molecular weight excluding hydrogens is 282 g/mol.